The maximum atomic E-state index is 13.7. The number of fused-ring (bicyclic) bond motifs is 1. The largest absolute Gasteiger partial charge is 0.497 e. The van der Waals surface area contributed by atoms with Crippen molar-refractivity contribution in [1.82, 2.24) is 9.88 Å². The monoisotopic (exact) mass is 448 g/mol. The van der Waals surface area contributed by atoms with E-state index in [9.17, 15) is 9.59 Å². The van der Waals surface area contributed by atoms with Crippen molar-refractivity contribution in [3.63, 3.8) is 0 Å². The summed E-state index contributed by atoms with van der Waals surface area (Å²) in [4.78, 5) is 32.5. The summed E-state index contributed by atoms with van der Waals surface area (Å²) in [5.41, 5.74) is 2.67. The van der Waals surface area contributed by atoms with E-state index in [1.54, 1.807) is 32.1 Å². The minimum Gasteiger partial charge on any atom is -0.497 e. The fourth-order valence-electron chi connectivity index (χ4n) is 4.28. The molecule has 0 aliphatic carbocycles. The van der Waals surface area contributed by atoms with E-state index in [1.165, 1.54) is 0 Å². The summed E-state index contributed by atoms with van der Waals surface area (Å²) >= 11 is 0. The number of piperidine rings is 1. The standard InChI is InChI=1S/C26H28N2O5/c1-4-33-26(30)17-8-7-13-28(16-17)25(29)21-15-23(27-22-10-6-5-9-19(21)22)20-12-11-18(31-2)14-24(20)32-3/h5-6,9-12,14-15,17H,4,7-8,13,16H2,1-3H3. The third-order valence-electron chi connectivity index (χ3n) is 5.96. The molecule has 1 saturated heterocycles. The number of ether oxygens (including phenoxy) is 3. The minimum atomic E-state index is -0.295. The number of methoxy groups -OCH3 is 2. The molecule has 0 saturated carbocycles. The third kappa shape index (κ3) is 4.62. The molecular weight excluding hydrogens is 420 g/mol. The first-order valence-electron chi connectivity index (χ1n) is 11.1. The van der Waals surface area contributed by atoms with E-state index in [4.69, 9.17) is 19.2 Å². The highest BCUT2D eigenvalue weighted by molar-refractivity contribution is 6.07. The summed E-state index contributed by atoms with van der Waals surface area (Å²) in [6.07, 6.45) is 1.49. The van der Waals surface area contributed by atoms with Gasteiger partial charge in [-0.15, -0.1) is 0 Å². The van der Waals surface area contributed by atoms with Crippen molar-refractivity contribution in [2.75, 3.05) is 33.9 Å². The molecule has 2 heterocycles. The van der Waals surface area contributed by atoms with Crippen LogP contribution in [0.5, 0.6) is 11.5 Å². The molecule has 1 atom stereocenters. The Labute approximate surface area is 193 Å². The van der Waals surface area contributed by atoms with Gasteiger partial charge < -0.3 is 19.1 Å². The molecule has 1 fully saturated rings. The number of carbonyl (C=O) groups is 2. The highest BCUT2D eigenvalue weighted by atomic mass is 16.5. The van der Waals surface area contributed by atoms with Gasteiger partial charge in [-0.2, -0.15) is 0 Å². The lowest BCUT2D eigenvalue weighted by Crippen LogP contribution is -2.42. The molecule has 4 rings (SSSR count). The van der Waals surface area contributed by atoms with E-state index >= 15 is 0 Å². The Morgan fingerprint density at radius 2 is 1.91 bits per heavy atom. The Balaban J connectivity index is 1.75. The van der Waals surface area contributed by atoms with Crippen LogP contribution in [0.1, 0.15) is 30.1 Å². The van der Waals surface area contributed by atoms with Crippen molar-refractivity contribution >= 4 is 22.8 Å². The SMILES string of the molecule is CCOC(=O)C1CCCN(C(=O)c2cc(-c3ccc(OC)cc3OC)nc3ccccc23)C1. The fraction of sp³-hybridized carbons (Fsp3) is 0.346. The van der Waals surface area contributed by atoms with Crippen molar-refractivity contribution in [1.29, 1.82) is 0 Å². The second-order valence-corrected chi connectivity index (χ2v) is 7.98. The van der Waals surface area contributed by atoms with E-state index < -0.39 is 0 Å². The summed E-state index contributed by atoms with van der Waals surface area (Å²) < 4.78 is 16.1. The third-order valence-corrected chi connectivity index (χ3v) is 5.96. The molecule has 172 valence electrons. The molecule has 0 N–H and O–H groups in total. The first-order valence-corrected chi connectivity index (χ1v) is 11.1. The van der Waals surface area contributed by atoms with Gasteiger partial charge in [0.05, 0.1) is 43.5 Å². The summed E-state index contributed by atoms with van der Waals surface area (Å²) in [5.74, 6) is 0.633. The van der Waals surface area contributed by atoms with Gasteiger partial charge in [-0.25, -0.2) is 4.98 Å². The van der Waals surface area contributed by atoms with Gasteiger partial charge in [0.25, 0.3) is 5.91 Å². The first-order chi connectivity index (χ1) is 16.0. The maximum absolute atomic E-state index is 13.7. The van der Waals surface area contributed by atoms with E-state index in [-0.39, 0.29) is 17.8 Å². The van der Waals surface area contributed by atoms with Crippen LogP contribution in [-0.4, -0.2) is 55.7 Å². The van der Waals surface area contributed by atoms with Crippen molar-refractivity contribution in [2.45, 2.75) is 19.8 Å². The molecule has 1 aliphatic heterocycles. The zero-order valence-corrected chi connectivity index (χ0v) is 19.2. The number of esters is 1. The van der Waals surface area contributed by atoms with Crippen LogP contribution in [0, 0.1) is 5.92 Å². The zero-order valence-electron chi connectivity index (χ0n) is 19.2. The van der Waals surface area contributed by atoms with Crippen LogP contribution in [-0.2, 0) is 9.53 Å². The molecule has 7 heteroatoms. The molecule has 33 heavy (non-hydrogen) atoms. The highest BCUT2D eigenvalue weighted by Crippen LogP contribution is 2.35. The molecule has 1 aliphatic rings. The Bertz CT molecular complexity index is 1180. The van der Waals surface area contributed by atoms with Gasteiger partial charge in [-0.1, -0.05) is 18.2 Å². The molecule has 3 aromatic rings. The lowest BCUT2D eigenvalue weighted by atomic mass is 9.96. The number of para-hydroxylation sites is 1. The Kier molecular flexibility index (Phi) is 6.77. The van der Waals surface area contributed by atoms with Gasteiger partial charge in [0, 0.05) is 30.1 Å². The van der Waals surface area contributed by atoms with Crippen LogP contribution in [0.15, 0.2) is 48.5 Å². The number of amides is 1. The average Bonchev–Trinajstić information content (AvgIpc) is 2.87. The van der Waals surface area contributed by atoms with Crippen LogP contribution >= 0.6 is 0 Å². The molecule has 1 unspecified atom stereocenters. The van der Waals surface area contributed by atoms with E-state index in [2.05, 4.69) is 0 Å². The van der Waals surface area contributed by atoms with E-state index in [1.807, 2.05) is 42.5 Å². The van der Waals surface area contributed by atoms with Gasteiger partial charge >= 0.3 is 5.97 Å². The number of nitrogens with zero attached hydrogens (tertiary/aromatic N) is 2. The van der Waals surface area contributed by atoms with Crippen molar-refractivity contribution in [2.24, 2.45) is 5.92 Å². The zero-order chi connectivity index (χ0) is 23.4. The number of pyridine rings is 1. The van der Waals surface area contributed by atoms with Crippen LogP contribution in [0.25, 0.3) is 22.2 Å². The average molecular weight is 449 g/mol. The van der Waals surface area contributed by atoms with Gasteiger partial charge in [-0.3, -0.25) is 9.59 Å². The number of hydrogen-bond acceptors (Lipinski definition) is 6. The maximum Gasteiger partial charge on any atom is 0.310 e. The molecular formula is C26H28N2O5. The number of benzene rings is 2. The van der Waals surface area contributed by atoms with Crippen molar-refractivity contribution < 1.29 is 23.8 Å². The van der Waals surface area contributed by atoms with Crippen LogP contribution < -0.4 is 9.47 Å². The smallest absolute Gasteiger partial charge is 0.310 e. The number of hydrogen-bond donors (Lipinski definition) is 0. The predicted molar refractivity (Wildman–Crippen MR) is 126 cm³/mol. The summed E-state index contributed by atoms with van der Waals surface area (Å²) in [7, 11) is 3.19. The topological polar surface area (TPSA) is 78.0 Å². The molecule has 1 amide bonds. The summed E-state index contributed by atoms with van der Waals surface area (Å²) in [5, 5.41) is 0.775. The predicted octanol–water partition coefficient (Wildman–Crippen LogP) is 4.33. The van der Waals surface area contributed by atoms with Gasteiger partial charge in [0.1, 0.15) is 11.5 Å². The normalized spacial score (nSPS) is 15.8. The van der Waals surface area contributed by atoms with Gasteiger partial charge in [-0.05, 0) is 44.0 Å². The van der Waals surface area contributed by atoms with E-state index in [0.717, 1.165) is 29.3 Å². The van der Waals surface area contributed by atoms with Gasteiger partial charge in [0.15, 0.2) is 0 Å². The number of carbonyl (C=O) groups excluding carboxylic acids is 2. The van der Waals surface area contributed by atoms with Crippen LogP contribution in [0.3, 0.4) is 0 Å². The first kappa shape index (κ1) is 22.6. The van der Waals surface area contributed by atoms with Crippen LogP contribution in [0.4, 0.5) is 0 Å². The quantitative estimate of drug-likeness (QED) is 0.522. The van der Waals surface area contributed by atoms with Crippen LogP contribution in [0.2, 0.25) is 0 Å². The second-order valence-electron chi connectivity index (χ2n) is 7.98. The number of rotatable bonds is 6. The van der Waals surface area contributed by atoms with E-state index in [0.29, 0.717) is 42.5 Å². The number of aromatic nitrogens is 1. The Morgan fingerprint density at radius 1 is 1.09 bits per heavy atom. The van der Waals surface area contributed by atoms with Gasteiger partial charge in [0.2, 0.25) is 0 Å². The molecule has 0 spiro atoms. The summed E-state index contributed by atoms with van der Waals surface area (Å²) in [6, 6.07) is 14.9. The lowest BCUT2D eigenvalue weighted by molar-refractivity contribution is -0.149. The molecule has 2 aromatic carbocycles. The number of likely N-dealkylation sites (tertiary alicyclic amines) is 1. The lowest BCUT2D eigenvalue weighted by Gasteiger charge is -2.32. The second kappa shape index (κ2) is 9.90. The Hall–Kier alpha value is -3.61. The van der Waals surface area contributed by atoms with Crippen molar-refractivity contribution in [3.05, 3.63) is 54.1 Å². The molecule has 0 bridgehead atoms. The molecule has 1 aromatic heterocycles. The summed E-state index contributed by atoms with van der Waals surface area (Å²) in [6.45, 7) is 3.09. The fourth-order valence-corrected chi connectivity index (χ4v) is 4.28. The molecule has 0 radical (unpaired) electrons. The highest BCUT2D eigenvalue weighted by Gasteiger charge is 2.30. The minimum absolute atomic E-state index is 0.115. The van der Waals surface area contributed by atoms with Crippen molar-refractivity contribution in [3.8, 4) is 22.8 Å². The molecule has 7 nitrogen and oxygen atoms in total. The Morgan fingerprint density at radius 3 is 2.67 bits per heavy atom.